The molecule has 0 unspecified atom stereocenters. The second-order valence-electron chi connectivity index (χ2n) is 1.20. The van der Waals surface area contributed by atoms with Gasteiger partial charge in [-0.2, -0.15) is 0 Å². The summed E-state index contributed by atoms with van der Waals surface area (Å²) >= 11 is 4.91. The maximum absolute atomic E-state index is 3.95. The Bertz CT molecular complexity index is 144. The third-order valence-electron chi connectivity index (χ3n) is 0.686. The number of rotatable bonds is 0. The minimum atomic E-state index is 0.970. The first-order valence-electron chi connectivity index (χ1n) is 1.86. The molecular formula is C4H4BrNS. The van der Waals surface area contributed by atoms with Crippen LogP contribution < -0.4 is 0 Å². The molecule has 1 aromatic heterocycles. The maximum atomic E-state index is 3.95. The van der Waals surface area contributed by atoms with Crippen molar-refractivity contribution < 1.29 is 0 Å². The standard InChI is InChI=1S/C4H4BrNS/c1-3-4(5)6-2-7-3/h2H,1H3. The van der Waals surface area contributed by atoms with E-state index in [4.69, 9.17) is 0 Å². The first-order chi connectivity index (χ1) is 3.30. The summed E-state index contributed by atoms with van der Waals surface area (Å²) in [6.45, 7) is 2.03. The van der Waals surface area contributed by atoms with Crippen LogP contribution in [0.5, 0.6) is 0 Å². The molecule has 0 N–H and O–H groups in total. The SMILES string of the molecule is Cc1scnc1Br. The fourth-order valence-electron chi connectivity index (χ4n) is 0.291. The summed E-state index contributed by atoms with van der Waals surface area (Å²) in [7, 11) is 0. The zero-order valence-corrected chi connectivity index (χ0v) is 6.21. The summed E-state index contributed by atoms with van der Waals surface area (Å²) < 4.78 is 0.970. The smallest absolute Gasteiger partial charge is 0.119 e. The van der Waals surface area contributed by atoms with Crippen molar-refractivity contribution in [2.75, 3.05) is 0 Å². The minimum absolute atomic E-state index is 0.970. The molecule has 0 aliphatic rings. The molecule has 0 saturated heterocycles. The second kappa shape index (κ2) is 1.92. The number of halogens is 1. The Morgan fingerprint density at radius 2 is 2.57 bits per heavy atom. The van der Waals surface area contributed by atoms with Gasteiger partial charge in [0, 0.05) is 4.88 Å². The van der Waals surface area contributed by atoms with Gasteiger partial charge in [-0.05, 0) is 22.9 Å². The number of hydrogen-bond donors (Lipinski definition) is 0. The van der Waals surface area contributed by atoms with Crippen molar-refractivity contribution in [1.29, 1.82) is 0 Å². The van der Waals surface area contributed by atoms with Gasteiger partial charge in [0.25, 0.3) is 0 Å². The summed E-state index contributed by atoms with van der Waals surface area (Å²) in [5, 5.41) is 0. The third kappa shape index (κ3) is 1.01. The average Bonchev–Trinajstić information content (AvgIpc) is 1.91. The van der Waals surface area contributed by atoms with Crippen molar-refractivity contribution in [3.8, 4) is 0 Å². The van der Waals surface area contributed by atoms with Crippen LogP contribution in [0, 0.1) is 6.92 Å². The van der Waals surface area contributed by atoms with E-state index in [1.165, 1.54) is 4.88 Å². The van der Waals surface area contributed by atoms with Gasteiger partial charge >= 0.3 is 0 Å². The molecule has 0 radical (unpaired) electrons. The Kier molecular flexibility index (Phi) is 1.44. The van der Waals surface area contributed by atoms with Crippen LogP contribution in [0.3, 0.4) is 0 Å². The highest BCUT2D eigenvalue weighted by atomic mass is 79.9. The number of hydrogen-bond acceptors (Lipinski definition) is 2. The van der Waals surface area contributed by atoms with E-state index in [0.717, 1.165) is 4.60 Å². The molecule has 1 nitrogen and oxygen atoms in total. The van der Waals surface area contributed by atoms with E-state index in [0.29, 0.717) is 0 Å². The Morgan fingerprint density at radius 1 is 1.86 bits per heavy atom. The van der Waals surface area contributed by atoms with Crippen LogP contribution >= 0.6 is 27.3 Å². The second-order valence-corrected chi connectivity index (χ2v) is 3.01. The highest BCUT2D eigenvalue weighted by molar-refractivity contribution is 9.10. The molecule has 1 aromatic rings. The molecule has 0 aliphatic carbocycles. The molecule has 1 rings (SSSR count). The molecule has 0 aliphatic heterocycles. The van der Waals surface area contributed by atoms with E-state index in [-0.39, 0.29) is 0 Å². The van der Waals surface area contributed by atoms with Gasteiger partial charge < -0.3 is 0 Å². The van der Waals surface area contributed by atoms with Crippen LogP contribution in [0.4, 0.5) is 0 Å². The summed E-state index contributed by atoms with van der Waals surface area (Å²) in [5.74, 6) is 0. The normalized spacial score (nSPS) is 9.43. The van der Waals surface area contributed by atoms with Crippen molar-refractivity contribution in [2.45, 2.75) is 6.92 Å². The van der Waals surface area contributed by atoms with E-state index in [1.54, 1.807) is 11.3 Å². The molecule has 1 heterocycles. The fraction of sp³-hybridized carbons (Fsp3) is 0.250. The first-order valence-corrected chi connectivity index (χ1v) is 3.53. The van der Waals surface area contributed by atoms with Crippen molar-refractivity contribution in [2.24, 2.45) is 0 Å². The summed E-state index contributed by atoms with van der Waals surface area (Å²) in [6, 6.07) is 0. The predicted octanol–water partition coefficient (Wildman–Crippen LogP) is 2.21. The minimum Gasteiger partial charge on any atom is -0.238 e. The van der Waals surface area contributed by atoms with Crippen LogP contribution in [0.2, 0.25) is 0 Å². The van der Waals surface area contributed by atoms with E-state index in [9.17, 15) is 0 Å². The molecule has 0 amide bonds. The van der Waals surface area contributed by atoms with E-state index >= 15 is 0 Å². The van der Waals surface area contributed by atoms with Gasteiger partial charge in [0.1, 0.15) is 4.60 Å². The highest BCUT2D eigenvalue weighted by Crippen LogP contribution is 2.16. The van der Waals surface area contributed by atoms with Gasteiger partial charge in [0.05, 0.1) is 5.51 Å². The lowest BCUT2D eigenvalue weighted by Gasteiger charge is -1.75. The van der Waals surface area contributed by atoms with E-state index in [1.807, 2.05) is 12.4 Å². The largest absolute Gasteiger partial charge is 0.238 e. The molecule has 0 saturated carbocycles. The van der Waals surface area contributed by atoms with E-state index in [2.05, 4.69) is 20.9 Å². The lowest BCUT2D eigenvalue weighted by molar-refractivity contribution is 1.32. The Labute approximate surface area is 54.5 Å². The van der Waals surface area contributed by atoms with E-state index < -0.39 is 0 Å². The van der Waals surface area contributed by atoms with Crippen LogP contribution in [0.1, 0.15) is 4.88 Å². The van der Waals surface area contributed by atoms with Gasteiger partial charge in [0.2, 0.25) is 0 Å². The summed E-state index contributed by atoms with van der Waals surface area (Å²) in [6.07, 6.45) is 0. The molecule has 0 bridgehead atoms. The summed E-state index contributed by atoms with van der Waals surface area (Å²) in [5.41, 5.74) is 1.82. The molecule has 0 fully saturated rings. The number of aromatic nitrogens is 1. The van der Waals surface area contributed by atoms with Crippen molar-refractivity contribution in [3.63, 3.8) is 0 Å². The molecule has 0 spiro atoms. The molecule has 3 heteroatoms. The van der Waals surface area contributed by atoms with Crippen molar-refractivity contribution >= 4 is 27.3 Å². The summed E-state index contributed by atoms with van der Waals surface area (Å²) in [4.78, 5) is 5.19. The average molecular weight is 178 g/mol. The van der Waals surface area contributed by atoms with Gasteiger partial charge in [-0.15, -0.1) is 11.3 Å². The van der Waals surface area contributed by atoms with Crippen molar-refractivity contribution in [1.82, 2.24) is 4.98 Å². The molecule has 7 heavy (non-hydrogen) atoms. The zero-order chi connectivity index (χ0) is 5.28. The van der Waals surface area contributed by atoms with Gasteiger partial charge in [-0.25, -0.2) is 4.98 Å². The van der Waals surface area contributed by atoms with Gasteiger partial charge in [-0.1, -0.05) is 0 Å². The number of nitrogens with zero attached hydrogens (tertiary/aromatic N) is 1. The molecule has 38 valence electrons. The fourth-order valence-corrected chi connectivity index (χ4v) is 1.28. The zero-order valence-electron chi connectivity index (χ0n) is 3.81. The first kappa shape index (κ1) is 5.25. The third-order valence-corrected chi connectivity index (χ3v) is 2.51. The molecule has 0 aromatic carbocycles. The van der Waals surface area contributed by atoms with Gasteiger partial charge in [-0.3, -0.25) is 0 Å². The maximum Gasteiger partial charge on any atom is 0.119 e. The molecular weight excluding hydrogens is 174 g/mol. The number of thiazole rings is 1. The quantitative estimate of drug-likeness (QED) is 0.593. The highest BCUT2D eigenvalue weighted by Gasteiger charge is 1.91. The van der Waals surface area contributed by atoms with Crippen LogP contribution in [0.25, 0.3) is 0 Å². The van der Waals surface area contributed by atoms with Crippen molar-refractivity contribution in [3.05, 3.63) is 15.0 Å². The number of aryl methyl sites for hydroxylation is 1. The Morgan fingerprint density at radius 3 is 2.71 bits per heavy atom. The topological polar surface area (TPSA) is 12.9 Å². The molecule has 0 atom stereocenters. The predicted molar refractivity (Wildman–Crippen MR) is 34.6 cm³/mol. The van der Waals surface area contributed by atoms with Crippen LogP contribution in [-0.2, 0) is 0 Å². The van der Waals surface area contributed by atoms with Gasteiger partial charge in [0.15, 0.2) is 0 Å². The lowest BCUT2D eigenvalue weighted by atomic mass is 10.7. The van der Waals surface area contributed by atoms with Crippen LogP contribution in [0.15, 0.2) is 10.1 Å². The Hall–Kier alpha value is 0.110. The lowest BCUT2D eigenvalue weighted by Crippen LogP contribution is -1.60. The Balaban J connectivity index is 3.12. The van der Waals surface area contributed by atoms with Crippen LogP contribution in [-0.4, -0.2) is 4.98 Å². The monoisotopic (exact) mass is 177 g/mol.